The summed E-state index contributed by atoms with van der Waals surface area (Å²) in [5.74, 6) is -4.68. The molecule has 5 saturated carbocycles. The molecule has 33 atom stereocenters. The molecule has 29 heteroatoms. The summed E-state index contributed by atoms with van der Waals surface area (Å²) < 4.78 is 76.1. The molecule has 29 nitrogen and oxygen atoms in total. The van der Waals surface area contributed by atoms with Crippen molar-refractivity contribution in [2.24, 2.45) is 50.2 Å². The zero-order valence-corrected chi connectivity index (χ0v) is 56.2. The lowest BCUT2D eigenvalue weighted by atomic mass is 9.30. The number of ether oxygens (including phenoxy) is 12. The third-order valence-electron chi connectivity index (χ3n) is 25.0. The standard InChI is InChI=1S/C66H102O29/c1-14-26(3)53(81)93-50-51(94-54(82)27(4)15-2)66-34(22-60(50,7)8)65(95-59(66)83)21-17-33-62(11)19-18-35(61(9,10)32(62)16-20-63(33,12)64(65,13)23-36(66)85-29(6)69)88-58-49(92-56-44(77)41(74)38(71)30(24-67)86-56)46(45(78)47(90-58)52(79)80)89-57-48(42(75)39(72)31(25-68)87-57)91-55-43(76)40(73)37(70)28(5)84-55/h14-15,28,30-51,55-59,67-68,70-78,83H,16-25H2,1-13H3,(H,79,80)/b26-14-,27-15-/t28-,30+,31-,32-,33-,34+,35+,36-,37+,38+,39+,40+,41+,42-,43+,44+,45-,46+,47-,48+,49-,50-,51-,55-,56-,57-,58+,59-,62+,63+,64-,65+,66-/m0/s1. The molecule has 0 aromatic rings. The van der Waals surface area contributed by atoms with Gasteiger partial charge in [-0.25, -0.2) is 14.4 Å². The molecule has 13 N–H and O–H groups in total. The first-order valence-corrected chi connectivity index (χ1v) is 33.4. The van der Waals surface area contributed by atoms with Crippen LogP contribution in [0.5, 0.6) is 0 Å². The molecule has 0 radical (unpaired) electrons. The smallest absolute Gasteiger partial charge is 0.335 e. The minimum atomic E-state index is -2.31. The van der Waals surface area contributed by atoms with Gasteiger partial charge < -0.3 is 123 Å². The van der Waals surface area contributed by atoms with Crippen LogP contribution in [0.4, 0.5) is 0 Å². The van der Waals surface area contributed by atoms with E-state index in [4.69, 9.17) is 56.8 Å². The Morgan fingerprint density at radius 1 is 0.516 bits per heavy atom. The number of hydrogen-bond acceptors (Lipinski definition) is 28. The third kappa shape index (κ3) is 11.8. The van der Waals surface area contributed by atoms with E-state index in [0.717, 1.165) is 0 Å². The Morgan fingerprint density at radius 2 is 1.04 bits per heavy atom. The van der Waals surface area contributed by atoms with Crippen LogP contribution >= 0.6 is 0 Å². The molecule has 2 bridgehead atoms. The largest absolute Gasteiger partial charge is 0.479 e. The third-order valence-corrected chi connectivity index (χ3v) is 25.0. The summed E-state index contributed by atoms with van der Waals surface area (Å²) >= 11 is 0. The van der Waals surface area contributed by atoms with Gasteiger partial charge in [0.2, 0.25) is 0 Å². The van der Waals surface area contributed by atoms with Gasteiger partial charge in [-0.15, -0.1) is 0 Å². The van der Waals surface area contributed by atoms with Crippen LogP contribution in [0, 0.1) is 50.2 Å². The Hall–Kier alpha value is -3.48. The Bertz CT molecular complexity index is 2890. The van der Waals surface area contributed by atoms with Gasteiger partial charge in [-0.1, -0.05) is 60.6 Å². The highest BCUT2D eigenvalue weighted by atomic mass is 16.8. The Morgan fingerprint density at radius 3 is 1.62 bits per heavy atom. The lowest BCUT2D eigenvalue weighted by molar-refractivity contribution is -0.406. The number of aliphatic hydroxyl groups excluding tert-OH is 12. The Balaban J connectivity index is 0.996. The van der Waals surface area contributed by atoms with Crippen LogP contribution in [0.25, 0.3) is 0 Å². The number of carbonyl (C=O) groups excluding carboxylic acids is 3. The van der Waals surface area contributed by atoms with E-state index in [0.29, 0.717) is 44.1 Å². The molecule has 5 saturated heterocycles. The first-order chi connectivity index (χ1) is 44.3. The van der Waals surface area contributed by atoms with Crippen molar-refractivity contribution in [3.8, 4) is 0 Å². The van der Waals surface area contributed by atoms with Crippen LogP contribution in [0.1, 0.15) is 141 Å². The topological polar surface area (TPSA) is 442 Å². The van der Waals surface area contributed by atoms with E-state index >= 15 is 0 Å². The van der Waals surface area contributed by atoms with Gasteiger partial charge in [0.25, 0.3) is 0 Å². The fraction of sp³-hybridized carbons (Fsp3) is 0.879. The minimum Gasteiger partial charge on any atom is -0.479 e. The van der Waals surface area contributed by atoms with Gasteiger partial charge >= 0.3 is 23.9 Å². The second-order valence-electron chi connectivity index (χ2n) is 30.6. The number of rotatable bonds is 16. The zero-order valence-electron chi connectivity index (χ0n) is 56.2. The Kier molecular flexibility index (Phi) is 20.9. The molecule has 5 aliphatic carbocycles. The van der Waals surface area contributed by atoms with Crippen LogP contribution in [0.3, 0.4) is 0 Å². The van der Waals surface area contributed by atoms with E-state index in [-0.39, 0.29) is 30.3 Å². The number of carbonyl (C=O) groups is 4. The second-order valence-corrected chi connectivity index (χ2v) is 30.6. The van der Waals surface area contributed by atoms with Crippen molar-refractivity contribution in [2.45, 2.75) is 301 Å². The van der Waals surface area contributed by atoms with Crippen LogP contribution in [-0.2, 0) is 76.0 Å². The molecular formula is C66H102O29. The molecule has 10 fully saturated rings. The number of carboxylic acids is 1. The van der Waals surface area contributed by atoms with E-state index in [9.17, 15) is 85.6 Å². The molecular weight excluding hydrogens is 1260 g/mol. The zero-order chi connectivity index (χ0) is 70.1. The van der Waals surface area contributed by atoms with Gasteiger partial charge in [-0.05, 0) is 114 Å². The maximum absolute atomic E-state index is 14.2. The molecule has 95 heavy (non-hydrogen) atoms. The van der Waals surface area contributed by atoms with E-state index in [1.54, 1.807) is 39.8 Å². The van der Waals surface area contributed by atoms with Crippen LogP contribution in [-0.4, -0.2) is 263 Å². The van der Waals surface area contributed by atoms with Crippen LogP contribution in [0.15, 0.2) is 23.3 Å². The Labute approximate surface area is 551 Å². The molecule has 5 heterocycles. The molecule has 540 valence electrons. The van der Waals surface area contributed by atoms with E-state index in [1.807, 2.05) is 27.7 Å². The fourth-order valence-electron chi connectivity index (χ4n) is 19.5. The van der Waals surface area contributed by atoms with Crippen molar-refractivity contribution in [1.82, 2.24) is 0 Å². The van der Waals surface area contributed by atoms with Crippen molar-refractivity contribution < 1.29 is 142 Å². The van der Waals surface area contributed by atoms with Crippen molar-refractivity contribution in [2.75, 3.05) is 13.2 Å². The summed E-state index contributed by atoms with van der Waals surface area (Å²) in [5, 5.41) is 145. The first-order valence-electron chi connectivity index (χ1n) is 33.4. The van der Waals surface area contributed by atoms with Crippen molar-refractivity contribution in [3.05, 3.63) is 23.3 Å². The molecule has 10 rings (SSSR count). The number of carboxylic acid groups (broad SMARTS) is 1. The predicted octanol–water partition coefficient (Wildman–Crippen LogP) is -0.366. The van der Waals surface area contributed by atoms with Crippen molar-refractivity contribution in [1.29, 1.82) is 0 Å². The van der Waals surface area contributed by atoms with Gasteiger partial charge in [-0.3, -0.25) is 4.79 Å². The number of hydrogen-bond donors (Lipinski definition) is 13. The summed E-state index contributed by atoms with van der Waals surface area (Å²) in [6.07, 6.45) is -38.2. The number of aliphatic hydroxyl groups is 12. The second kappa shape index (κ2) is 26.8. The summed E-state index contributed by atoms with van der Waals surface area (Å²) in [5.41, 5.74) is -6.04. The van der Waals surface area contributed by atoms with E-state index in [1.165, 1.54) is 13.8 Å². The minimum absolute atomic E-state index is 0.104. The summed E-state index contributed by atoms with van der Waals surface area (Å²) in [7, 11) is 0. The normalized spacial score (nSPS) is 51.0. The average Bonchev–Trinajstić information content (AvgIpc) is 1.54. The quantitative estimate of drug-likeness (QED) is 0.0406. The van der Waals surface area contributed by atoms with Crippen molar-refractivity contribution >= 4 is 23.9 Å². The summed E-state index contributed by atoms with van der Waals surface area (Å²) in [6, 6.07) is 0. The number of esters is 3. The fourth-order valence-corrected chi connectivity index (χ4v) is 19.5. The molecule has 10 aliphatic rings. The molecule has 0 amide bonds. The summed E-state index contributed by atoms with van der Waals surface area (Å²) in [6.45, 7) is 21.9. The predicted molar refractivity (Wildman–Crippen MR) is 321 cm³/mol. The molecule has 1 spiro atoms. The van der Waals surface area contributed by atoms with Gasteiger partial charge in [0.05, 0.1) is 31.0 Å². The lowest BCUT2D eigenvalue weighted by Crippen LogP contribution is -2.77. The molecule has 5 aliphatic heterocycles. The monoisotopic (exact) mass is 1360 g/mol. The van der Waals surface area contributed by atoms with E-state index < -0.39 is 235 Å². The van der Waals surface area contributed by atoms with E-state index in [2.05, 4.69) is 20.8 Å². The van der Waals surface area contributed by atoms with Crippen LogP contribution in [0.2, 0.25) is 0 Å². The first kappa shape index (κ1) is 74.2. The maximum atomic E-state index is 14.2. The molecule has 0 aromatic carbocycles. The lowest BCUT2D eigenvalue weighted by Gasteiger charge is -2.75. The van der Waals surface area contributed by atoms with Gasteiger partial charge in [0, 0.05) is 34.8 Å². The highest BCUT2D eigenvalue weighted by Crippen LogP contribution is 2.82. The maximum Gasteiger partial charge on any atom is 0.335 e. The van der Waals surface area contributed by atoms with Crippen molar-refractivity contribution in [3.63, 3.8) is 0 Å². The van der Waals surface area contributed by atoms with Gasteiger partial charge in [-0.2, -0.15) is 0 Å². The summed E-state index contributed by atoms with van der Waals surface area (Å²) in [4.78, 5) is 55.1. The SMILES string of the molecule is C/C=C(/C)C(=O)O[C@H]1[C@H](OC(=O)/C(C)=C\C)[C@]23[C@@H](OC(C)=O)C[C@@]4(C)[C@]5(C)CC[C@H]6C(C)(C)[C@H](O[C@@H]7O[C@H](C(=O)O)[C@@H](O)[C@@H](O[C@@H]8O[C@@H](CO)[C@@H](O)[C@H](O)[C@H]8O[C@@H]8O[C@@H](C)[C@@H](O)[C@@H](O)[C@H]8O)[C@@H]7O[C@@H]7O[C@H](CO)[C@@H](O)[C@@H](O)[C@H]7O)CC[C@@]6(C)[C@@H]5CC[C@@]4(O[C@@H]2O)[C@H]3CC1(C)C. The van der Waals surface area contributed by atoms with Gasteiger partial charge in [0.1, 0.15) is 103 Å². The number of allylic oxidation sites excluding steroid dienone is 2. The number of aliphatic carboxylic acids is 1. The average molecular weight is 1360 g/mol. The highest BCUT2D eigenvalue weighted by Gasteiger charge is 2.86. The molecule has 0 aromatic heterocycles. The van der Waals surface area contributed by atoms with Gasteiger partial charge in [0.15, 0.2) is 43.7 Å². The van der Waals surface area contributed by atoms with Crippen LogP contribution < -0.4 is 0 Å². The molecule has 0 unspecified atom stereocenters. The number of fused-ring (bicyclic) bond motifs is 4. The highest BCUT2D eigenvalue weighted by molar-refractivity contribution is 5.89.